The van der Waals surface area contributed by atoms with Gasteiger partial charge in [-0.2, -0.15) is 5.10 Å². The maximum absolute atomic E-state index is 11.9. The van der Waals surface area contributed by atoms with Gasteiger partial charge in [-0.05, 0) is 37.0 Å². The average Bonchev–Trinajstić information content (AvgIpc) is 3.18. The number of aromatic amines is 1. The summed E-state index contributed by atoms with van der Waals surface area (Å²) in [7, 11) is 0. The van der Waals surface area contributed by atoms with E-state index in [-0.39, 0.29) is 5.91 Å². The lowest BCUT2D eigenvalue weighted by Gasteiger charge is -2.21. The SMILES string of the molecule is Cc1ccc(Cl)cc1N1CC[C@@H](CNC(=O)c2cn[nH]c2)C1. The van der Waals surface area contributed by atoms with Gasteiger partial charge in [0.15, 0.2) is 0 Å². The van der Waals surface area contributed by atoms with E-state index in [9.17, 15) is 4.79 Å². The van der Waals surface area contributed by atoms with Crippen LogP contribution in [0.5, 0.6) is 0 Å². The Morgan fingerprint density at radius 1 is 1.55 bits per heavy atom. The molecule has 1 aromatic carbocycles. The number of rotatable bonds is 4. The van der Waals surface area contributed by atoms with E-state index in [1.807, 2.05) is 18.2 Å². The number of hydrogen-bond acceptors (Lipinski definition) is 3. The van der Waals surface area contributed by atoms with Crippen LogP contribution in [0.25, 0.3) is 0 Å². The van der Waals surface area contributed by atoms with Crippen LogP contribution in [0.1, 0.15) is 22.3 Å². The first-order valence-corrected chi connectivity index (χ1v) is 7.79. The molecule has 0 bridgehead atoms. The van der Waals surface area contributed by atoms with Crippen LogP contribution in [-0.4, -0.2) is 35.7 Å². The second-order valence-corrected chi connectivity index (χ2v) is 6.16. The van der Waals surface area contributed by atoms with Crippen molar-refractivity contribution >= 4 is 23.2 Å². The minimum absolute atomic E-state index is 0.0777. The zero-order valence-corrected chi connectivity index (χ0v) is 13.2. The summed E-state index contributed by atoms with van der Waals surface area (Å²) >= 11 is 6.10. The first kappa shape index (κ1) is 14.9. The van der Waals surface area contributed by atoms with E-state index in [0.717, 1.165) is 24.5 Å². The van der Waals surface area contributed by atoms with E-state index in [0.29, 0.717) is 18.0 Å². The highest BCUT2D eigenvalue weighted by molar-refractivity contribution is 6.30. The molecule has 1 amide bonds. The molecule has 0 radical (unpaired) electrons. The number of nitrogens with one attached hydrogen (secondary N) is 2. The largest absolute Gasteiger partial charge is 0.371 e. The van der Waals surface area contributed by atoms with E-state index in [4.69, 9.17) is 11.6 Å². The van der Waals surface area contributed by atoms with Crippen LogP contribution in [-0.2, 0) is 0 Å². The van der Waals surface area contributed by atoms with E-state index < -0.39 is 0 Å². The number of amides is 1. The van der Waals surface area contributed by atoms with Crippen molar-refractivity contribution in [2.75, 3.05) is 24.5 Å². The molecule has 116 valence electrons. The van der Waals surface area contributed by atoms with Gasteiger partial charge in [0.1, 0.15) is 0 Å². The minimum Gasteiger partial charge on any atom is -0.371 e. The van der Waals surface area contributed by atoms with Crippen molar-refractivity contribution in [3.8, 4) is 0 Å². The predicted molar refractivity (Wildman–Crippen MR) is 87.4 cm³/mol. The van der Waals surface area contributed by atoms with Gasteiger partial charge < -0.3 is 10.2 Å². The van der Waals surface area contributed by atoms with Crippen LogP contribution in [0, 0.1) is 12.8 Å². The Morgan fingerprint density at radius 2 is 2.41 bits per heavy atom. The molecule has 0 aliphatic carbocycles. The Bertz CT molecular complexity index is 656. The van der Waals surface area contributed by atoms with Crippen LogP contribution in [0.4, 0.5) is 5.69 Å². The molecule has 3 rings (SSSR count). The Kier molecular flexibility index (Phi) is 4.34. The number of H-pyrrole nitrogens is 1. The van der Waals surface area contributed by atoms with Gasteiger partial charge in [0.05, 0.1) is 11.8 Å². The molecule has 0 unspecified atom stereocenters. The van der Waals surface area contributed by atoms with Gasteiger partial charge in [-0.1, -0.05) is 17.7 Å². The summed E-state index contributed by atoms with van der Waals surface area (Å²) in [6, 6.07) is 5.98. The normalized spacial score (nSPS) is 17.7. The lowest BCUT2D eigenvalue weighted by Crippen LogP contribution is -2.30. The van der Waals surface area contributed by atoms with Gasteiger partial charge in [0.2, 0.25) is 0 Å². The molecular weight excluding hydrogens is 300 g/mol. The predicted octanol–water partition coefficient (Wildman–Crippen LogP) is 2.63. The van der Waals surface area contributed by atoms with E-state index >= 15 is 0 Å². The highest BCUT2D eigenvalue weighted by atomic mass is 35.5. The Labute approximate surface area is 134 Å². The lowest BCUT2D eigenvalue weighted by atomic mass is 10.1. The summed E-state index contributed by atoms with van der Waals surface area (Å²) in [5, 5.41) is 10.2. The average molecular weight is 319 g/mol. The first-order chi connectivity index (χ1) is 10.6. The second kappa shape index (κ2) is 6.40. The standard InChI is InChI=1S/C16H19ClN4O/c1-11-2-3-14(17)6-15(11)21-5-4-12(10-21)7-18-16(22)13-8-19-20-9-13/h2-3,6,8-9,12H,4-5,7,10H2,1H3,(H,18,22)(H,19,20)/t12-/m0/s1. The molecule has 1 aliphatic heterocycles. The van der Waals surface area contributed by atoms with Crippen molar-refractivity contribution in [2.45, 2.75) is 13.3 Å². The smallest absolute Gasteiger partial charge is 0.254 e. The number of carbonyl (C=O) groups excluding carboxylic acids is 1. The van der Waals surface area contributed by atoms with Crippen molar-refractivity contribution in [3.05, 3.63) is 46.7 Å². The molecule has 1 aromatic heterocycles. The molecule has 0 spiro atoms. The van der Waals surface area contributed by atoms with Crippen LogP contribution in [0.15, 0.2) is 30.6 Å². The number of anilines is 1. The van der Waals surface area contributed by atoms with Gasteiger partial charge in [-0.15, -0.1) is 0 Å². The molecule has 22 heavy (non-hydrogen) atoms. The highest BCUT2D eigenvalue weighted by Gasteiger charge is 2.24. The monoisotopic (exact) mass is 318 g/mol. The second-order valence-electron chi connectivity index (χ2n) is 5.73. The summed E-state index contributed by atoms with van der Waals surface area (Å²) < 4.78 is 0. The van der Waals surface area contributed by atoms with Gasteiger partial charge in [0.25, 0.3) is 5.91 Å². The van der Waals surface area contributed by atoms with E-state index in [1.54, 1.807) is 6.20 Å². The van der Waals surface area contributed by atoms with E-state index in [2.05, 4.69) is 27.3 Å². The maximum atomic E-state index is 11.9. The molecule has 1 aliphatic rings. The number of halogens is 1. The van der Waals surface area contributed by atoms with E-state index in [1.165, 1.54) is 17.4 Å². The van der Waals surface area contributed by atoms with Gasteiger partial charge in [-0.3, -0.25) is 9.89 Å². The number of nitrogens with zero attached hydrogens (tertiary/aromatic N) is 2. The third-order valence-electron chi connectivity index (χ3n) is 4.11. The van der Waals surface area contributed by atoms with Crippen molar-refractivity contribution in [2.24, 2.45) is 5.92 Å². The Hall–Kier alpha value is -2.01. The van der Waals surface area contributed by atoms with Gasteiger partial charge >= 0.3 is 0 Å². The zero-order valence-electron chi connectivity index (χ0n) is 12.5. The van der Waals surface area contributed by atoms with Crippen LogP contribution in [0.2, 0.25) is 5.02 Å². The maximum Gasteiger partial charge on any atom is 0.254 e. The molecule has 6 heteroatoms. The molecule has 2 N–H and O–H groups in total. The van der Waals surface area contributed by atoms with Crippen molar-refractivity contribution in [3.63, 3.8) is 0 Å². The third-order valence-corrected chi connectivity index (χ3v) is 4.34. The number of hydrogen-bond donors (Lipinski definition) is 2. The highest BCUT2D eigenvalue weighted by Crippen LogP contribution is 2.29. The van der Waals surface area contributed by atoms with Crippen molar-refractivity contribution < 1.29 is 4.79 Å². The zero-order chi connectivity index (χ0) is 15.5. The van der Waals surface area contributed by atoms with Gasteiger partial charge in [0, 0.05) is 36.5 Å². The molecule has 2 heterocycles. The summed E-state index contributed by atoms with van der Waals surface area (Å²) in [6.07, 6.45) is 4.20. The molecule has 0 saturated carbocycles. The van der Waals surface area contributed by atoms with Crippen LogP contribution in [0.3, 0.4) is 0 Å². The topological polar surface area (TPSA) is 61.0 Å². The number of aryl methyl sites for hydroxylation is 1. The lowest BCUT2D eigenvalue weighted by molar-refractivity contribution is 0.0948. The molecule has 5 nitrogen and oxygen atoms in total. The van der Waals surface area contributed by atoms with Crippen LogP contribution < -0.4 is 10.2 Å². The molecule has 2 aromatic rings. The Morgan fingerprint density at radius 3 is 3.18 bits per heavy atom. The molecular formula is C16H19ClN4O. The third kappa shape index (κ3) is 3.25. The minimum atomic E-state index is -0.0777. The fraction of sp³-hybridized carbons (Fsp3) is 0.375. The van der Waals surface area contributed by atoms with Crippen molar-refractivity contribution in [1.29, 1.82) is 0 Å². The Balaban J connectivity index is 1.56. The summed E-state index contributed by atoms with van der Waals surface area (Å²) in [5.41, 5.74) is 2.99. The summed E-state index contributed by atoms with van der Waals surface area (Å²) in [4.78, 5) is 14.3. The quantitative estimate of drug-likeness (QED) is 0.911. The fourth-order valence-electron chi connectivity index (χ4n) is 2.86. The first-order valence-electron chi connectivity index (χ1n) is 7.41. The molecule has 1 atom stereocenters. The summed E-state index contributed by atoms with van der Waals surface area (Å²) in [5.74, 6) is 0.375. The molecule has 1 saturated heterocycles. The molecule has 1 fully saturated rings. The number of benzene rings is 1. The fourth-order valence-corrected chi connectivity index (χ4v) is 3.02. The van der Waals surface area contributed by atoms with Crippen LogP contribution >= 0.6 is 11.6 Å². The number of carbonyl (C=O) groups is 1. The van der Waals surface area contributed by atoms with Gasteiger partial charge in [-0.25, -0.2) is 0 Å². The van der Waals surface area contributed by atoms with Crippen molar-refractivity contribution in [1.82, 2.24) is 15.5 Å². The summed E-state index contributed by atoms with van der Waals surface area (Å²) in [6.45, 7) is 4.71. The number of aromatic nitrogens is 2.